The number of hydrazone groups is 1. The monoisotopic (exact) mass is 188 g/mol. The fraction of sp³-hybridized carbons (Fsp3) is 0.714. The normalized spacial score (nSPS) is 22.8. The predicted octanol–water partition coefficient (Wildman–Crippen LogP) is 1.57. The highest BCUT2D eigenvalue weighted by Gasteiger charge is 2.28. The molecule has 0 bridgehead atoms. The van der Waals surface area contributed by atoms with E-state index in [0.29, 0.717) is 6.61 Å². The van der Waals surface area contributed by atoms with Crippen LogP contribution in [0.25, 0.3) is 0 Å². The van der Waals surface area contributed by atoms with Crippen LogP contribution in [0.1, 0.15) is 20.8 Å². The number of hydrogen-bond acceptors (Lipinski definition) is 3. The molecule has 0 saturated carbocycles. The van der Waals surface area contributed by atoms with Crippen LogP contribution in [0.4, 0.5) is 0 Å². The summed E-state index contributed by atoms with van der Waals surface area (Å²) in [4.78, 5) is 11.0. The molecule has 0 aromatic rings. The highest BCUT2D eigenvalue weighted by molar-refractivity contribution is 7.52. The molecule has 1 amide bonds. The van der Waals surface area contributed by atoms with Crippen molar-refractivity contribution in [3.8, 4) is 0 Å². The van der Waals surface area contributed by atoms with Crippen molar-refractivity contribution >= 4 is 19.9 Å². The molecule has 1 aliphatic rings. The summed E-state index contributed by atoms with van der Waals surface area (Å²) in [7, 11) is -0.807. The maximum atomic E-state index is 11.0. The van der Waals surface area contributed by atoms with Crippen LogP contribution < -0.4 is 0 Å². The minimum absolute atomic E-state index is 0.0357. The van der Waals surface area contributed by atoms with Crippen LogP contribution in [0, 0.1) is 0 Å². The molecule has 1 aliphatic heterocycles. The zero-order valence-electron chi connectivity index (χ0n) is 7.57. The highest BCUT2D eigenvalue weighted by Crippen LogP contribution is 2.45. The molecule has 0 aromatic heterocycles. The van der Waals surface area contributed by atoms with Gasteiger partial charge in [0.2, 0.25) is 5.91 Å². The lowest BCUT2D eigenvalue weighted by Crippen LogP contribution is -2.15. The van der Waals surface area contributed by atoms with E-state index in [-0.39, 0.29) is 5.91 Å². The Balaban J connectivity index is 2.61. The van der Waals surface area contributed by atoms with E-state index in [9.17, 15) is 4.79 Å². The average molecular weight is 188 g/mol. The first-order valence-corrected chi connectivity index (χ1v) is 5.30. The number of carbonyl (C=O) groups is 1. The average Bonchev–Trinajstić information content (AvgIpc) is 2.32. The Labute approximate surface area is 73.5 Å². The van der Waals surface area contributed by atoms with Gasteiger partial charge in [-0.25, -0.2) is 0 Å². The summed E-state index contributed by atoms with van der Waals surface area (Å²) in [6.45, 7) is 5.99. The summed E-state index contributed by atoms with van der Waals surface area (Å²) < 4.78 is 6.87. The predicted molar refractivity (Wildman–Crippen MR) is 49.0 cm³/mol. The van der Waals surface area contributed by atoms with Crippen LogP contribution in [-0.2, 0) is 9.32 Å². The van der Waals surface area contributed by atoms with Crippen LogP contribution >= 0.6 is 8.30 Å². The lowest BCUT2D eigenvalue weighted by atomic mass is 10.5. The van der Waals surface area contributed by atoms with Gasteiger partial charge in [0.25, 0.3) is 0 Å². The fourth-order valence-corrected chi connectivity index (χ4v) is 2.64. The van der Waals surface area contributed by atoms with E-state index in [2.05, 4.69) is 5.10 Å². The van der Waals surface area contributed by atoms with Gasteiger partial charge < -0.3 is 4.52 Å². The van der Waals surface area contributed by atoms with E-state index < -0.39 is 8.30 Å². The van der Waals surface area contributed by atoms with Crippen LogP contribution in [-0.4, -0.2) is 29.2 Å². The number of carbonyl (C=O) groups excluding carboxylic acids is 1. The number of amides is 1. The molecule has 0 spiro atoms. The van der Waals surface area contributed by atoms with Gasteiger partial charge >= 0.3 is 0 Å². The summed E-state index contributed by atoms with van der Waals surface area (Å²) in [6, 6.07) is 0. The van der Waals surface area contributed by atoms with Gasteiger partial charge in [-0.2, -0.15) is 9.88 Å². The summed E-state index contributed by atoms with van der Waals surface area (Å²) in [5.74, 6) is -0.0357. The van der Waals surface area contributed by atoms with Crippen molar-refractivity contribution in [2.75, 3.05) is 12.8 Å². The molecule has 5 heteroatoms. The van der Waals surface area contributed by atoms with E-state index in [0.717, 1.165) is 11.9 Å². The van der Waals surface area contributed by atoms with Gasteiger partial charge in [0.1, 0.15) is 0 Å². The van der Waals surface area contributed by atoms with Crippen molar-refractivity contribution in [3.63, 3.8) is 0 Å². The van der Waals surface area contributed by atoms with Crippen molar-refractivity contribution in [1.82, 2.24) is 4.78 Å². The molecule has 1 rings (SSSR count). The molecule has 0 radical (unpaired) electrons. The van der Waals surface area contributed by atoms with Crippen LogP contribution in [0.3, 0.4) is 0 Å². The first kappa shape index (κ1) is 9.62. The van der Waals surface area contributed by atoms with Gasteiger partial charge in [-0.15, -0.1) is 0 Å². The minimum Gasteiger partial charge on any atom is -0.338 e. The standard InChI is InChI=1S/C7H13N2O2P/c1-4-11-12-5-6(2)8-9(12)7(3)10/h4-5H2,1-3H3. The Kier molecular flexibility index (Phi) is 3.18. The second kappa shape index (κ2) is 3.97. The Bertz CT molecular complexity index is 217. The third-order valence-electron chi connectivity index (χ3n) is 1.40. The van der Waals surface area contributed by atoms with Crippen molar-refractivity contribution in [2.45, 2.75) is 20.8 Å². The van der Waals surface area contributed by atoms with E-state index >= 15 is 0 Å². The quantitative estimate of drug-likeness (QED) is 0.617. The summed E-state index contributed by atoms with van der Waals surface area (Å²) >= 11 is 0. The van der Waals surface area contributed by atoms with E-state index in [1.165, 1.54) is 11.7 Å². The Morgan fingerprint density at radius 3 is 3.00 bits per heavy atom. The van der Waals surface area contributed by atoms with Gasteiger partial charge in [-0.05, 0) is 13.8 Å². The summed E-state index contributed by atoms with van der Waals surface area (Å²) in [5.41, 5.74) is 0.977. The number of nitrogens with zero attached hydrogens (tertiary/aromatic N) is 2. The smallest absolute Gasteiger partial charge is 0.244 e. The molecule has 0 aromatic carbocycles. The van der Waals surface area contributed by atoms with Crippen molar-refractivity contribution in [3.05, 3.63) is 0 Å². The largest absolute Gasteiger partial charge is 0.338 e. The molecule has 1 unspecified atom stereocenters. The van der Waals surface area contributed by atoms with Gasteiger partial charge in [-0.3, -0.25) is 4.79 Å². The highest BCUT2D eigenvalue weighted by atomic mass is 31.2. The molecular formula is C7H13N2O2P. The van der Waals surface area contributed by atoms with E-state index in [4.69, 9.17) is 4.52 Å². The number of rotatable bonds is 2. The lowest BCUT2D eigenvalue weighted by molar-refractivity contribution is -0.124. The van der Waals surface area contributed by atoms with Crippen molar-refractivity contribution < 1.29 is 9.32 Å². The second-order valence-electron chi connectivity index (χ2n) is 2.57. The van der Waals surface area contributed by atoms with Gasteiger partial charge in [0.05, 0.1) is 12.8 Å². The molecule has 1 atom stereocenters. The topological polar surface area (TPSA) is 41.9 Å². The molecule has 12 heavy (non-hydrogen) atoms. The molecule has 0 aliphatic carbocycles. The molecule has 4 nitrogen and oxygen atoms in total. The molecular weight excluding hydrogens is 175 g/mol. The zero-order chi connectivity index (χ0) is 9.14. The second-order valence-corrected chi connectivity index (χ2v) is 4.23. The van der Waals surface area contributed by atoms with E-state index in [1.807, 2.05) is 13.8 Å². The Morgan fingerprint density at radius 2 is 2.50 bits per heavy atom. The first-order chi connectivity index (χ1) is 5.65. The first-order valence-electron chi connectivity index (χ1n) is 3.90. The summed E-state index contributed by atoms with van der Waals surface area (Å²) in [5, 5.41) is 4.09. The molecule has 1 heterocycles. The SMILES string of the molecule is CCOP1CC(C)=NN1C(C)=O. The summed E-state index contributed by atoms with van der Waals surface area (Å²) in [6.07, 6.45) is 0.794. The lowest BCUT2D eigenvalue weighted by Gasteiger charge is -2.18. The van der Waals surface area contributed by atoms with Gasteiger partial charge in [0, 0.05) is 12.6 Å². The third kappa shape index (κ3) is 2.02. The van der Waals surface area contributed by atoms with Crippen LogP contribution in [0.15, 0.2) is 5.10 Å². The number of hydrogen-bond donors (Lipinski definition) is 0. The zero-order valence-corrected chi connectivity index (χ0v) is 8.47. The molecule has 68 valence electrons. The maximum absolute atomic E-state index is 11.0. The molecule has 0 fully saturated rings. The maximum Gasteiger partial charge on any atom is 0.244 e. The fourth-order valence-electron chi connectivity index (χ4n) is 0.983. The van der Waals surface area contributed by atoms with Gasteiger partial charge in [-0.1, -0.05) is 0 Å². The van der Waals surface area contributed by atoms with Crippen molar-refractivity contribution in [2.24, 2.45) is 5.10 Å². The van der Waals surface area contributed by atoms with Crippen LogP contribution in [0.2, 0.25) is 0 Å². The Morgan fingerprint density at radius 1 is 1.83 bits per heavy atom. The van der Waals surface area contributed by atoms with E-state index in [1.54, 1.807) is 0 Å². The molecule has 0 N–H and O–H groups in total. The third-order valence-corrected chi connectivity index (χ3v) is 3.48. The Hall–Kier alpha value is -0.470. The van der Waals surface area contributed by atoms with Crippen molar-refractivity contribution in [1.29, 1.82) is 0 Å². The van der Waals surface area contributed by atoms with Crippen LogP contribution in [0.5, 0.6) is 0 Å². The molecule has 0 saturated heterocycles. The minimum atomic E-state index is -0.807. The van der Waals surface area contributed by atoms with Gasteiger partial charge in [0.15, 0.2) is 8.30 Å².